The monoisotopic (exact) mass is 258 g/mol. The number of hydrogen-bond donors (Lipinski definition) is 2. The Morgan fingerprint density at radius 3 is 2.95 bits per heavy atom. The molecule has 0 bridgehead atoms. The van der Waals surface area contributed by atoms with E-state index in [-0.39, 0.29) is 11.6 Å². The van der Waals surface area contributed by atoms with Gasteiger partial charge in [-0.15, -0.1) is 0 Å². The average molecular weight is 258 g/mol. The first-order valence-corrected chi connectivity index (χ1v) is 5.85. The second-order valence-corrected chi connectivity index (χ2v) is 4.05. The number of nitrogens with one attached hydrogen (secondary N) is 1. The molecule has 0 aliphatic carbocycles. The first-order chi connectivity index (χ1) is 9.18. The van der Waals surface area contributed by atoms with Gasteiger partial charge in [-0.25, -0.2) is 14.8 Å². The lowest BCUT2D eigenvalue weighted by atomic mass is 10.2. The first-order valence-electron chi connectivity index (χ1n) is 5.85. The van der Waals surface area contributed by atoms with Gasteiger partial charge in [0.2, 0.25) is 0 Å². The lowest BCUT2D eigenvalue weighted by molar-refractivity contribution is 0.0694. The number of rotatable bonds is 5. The lowest BCUT2D eigenvalue weighted by Gasteiger charge is -2.13. The van der Waals surface area contributed by atoms with Crippen LogP contribution in [-0.4, -0.2) is 26.0 Å². The summed E-state index contributed by atoms with van der Waals surface area (Å²) >= 11 is 0. The van der Waals surface area contributed by atoms with E-state index >= 15 is 0 Å². The molecule has 0 aromatic carbocycles. The summed E-state index contributed by atoms with van der Waals surface area (Å²) in [5, 5.41) is 12.2. The Morgan fingerprint density at radius 2 is 2.26 bits per heavy atom. The SMILES string of the molecule is CC(NCc1ncncc1C(=O)O)c1ccccn1. The lowest BCUT2D eigenvalue weighted by Crippen LogP contribution is -2.21. The number of hydrogen-bond acceptors (Lipinski definition) is 5. The largest absolute Gasteiger partial charge is 0.478 e. The van der Waals surface area contributed by atoms with E-state index in [0.717, 1.165) is 5.69 Å². The third kappa shape index (κ3) is 3.32. The minimum Gasteiger partial charge on any atom is -0.478 e. The summed E-state index contributed by atoms with van der Waals surface area (Å²) in [7, 11) is 0. The summed E-state index contributed by atoms with van der Waals surface area (Å²) in [5.74, 6) is -1.03. The van der Waals surface area contributed by atoms with Crippen molar-refractivity contribution in [2.75, 3.05) is 0 Å². The molecule has 2 N–H and O–H groups in total. The van der Waals surface area contributed by atoms with Crippen LogP contribution in [0.4, 0.5) is 0 Å². The fourth-order valence-electron chi connectivity index (χ4n) is 1.66. The van der Waals surface area contributed by atoms with Crippen molar-refractivity contribution >= 4 is 5.97 Å². The van der Waals surface area contributed by atoms with Crippen LogP contribution >= 0.6 is 0 Å². The molecular weight excluding hydrogens is 244 g/mol. The molecule has 6 heteroatoms. The molecule has 1 unspecified atom stereocenters. The van der Waals surface area contributed by atoms with E-state index in [1.54, 1.807) is 6.20 Å². The quantitative estimate of drug-likeness (QED) is 0.843. The average Bonchev–Trinajstić information content (AvgIpc) is 2.46. The predicted octanol–water partition coefficient (Wildman–Crippen LogP) is 1.42. The Bertz CT molecular complexity index is 560. The number of carbonyl (C=O) groups is 1. The Balaban J connectivity index is 2.05. The molecule has 0 spiro atoms. The molecule has 0 aliphatic rings. The number of pyridine rings is 1. The van der Waals surface area contributed by atoms with Gasteiger partial charge in [0.1, 0.15) is 11.9 Å². The molecule has 2 aromatic rings. The highest BCUT2D eigenvalue weighted by atomic mass is 16.4. The Labute approximate surface area is 110 Å². The second-order valence-electron chi connectivity index (χ2n) is 4.05. The number of aromatic carboxylic acids is 1. The number of carboxylic acids is 1. The van der Waals surface area contributed by atoms with Gasteiger partial charge in [-0.05, 0) is 19.1 Å². The van der Waals surface area contributed by atoms with Crippen LogP contribution in [0.1, 0.15) is 34.7 Å². The van der Waals surface area contributed by atoms with Crippen LogP contribution in [0, 0.1) is 0 Å². The van der Waals surface area contributed by atoms with E-state index in [9.17, 15) is 4.79 Å². The smallest absolute Gasteiger partial charge is 0.339 e. The van der Waals surface area contributed by atoms with Gasteiger partial charge in [-0.1, -0.05) is 6.07 Å². The highest BCUT2D eigenvalue weighted by Gasteiger charge is 2.12. The van der Waals surface area contributed by atoms with E-state index in [4.69, 9.17) is 5.11 Å². The second kappa shape index (κ2) is 6.01. The predicted molar refractivity (Wildman–Crippen MR) is 68.5 cm³/mol. The minimum atomic E-state index is -1.03. The first kappa shape index (κ1) is 13.1. The van der Waals surface area contributed by atoms with Crippen LogP contribution in [0.5, 0.6) is 0 Å². The molecule has 0 aliphatic heterocycles. The number of carboxylic acid groups (broad SMARTS) is 1. The van der Waals surface area contributed by atoms with Crippen molar-refractivity contribution in [2.24, 2.45) is 0 Å². The molecule has 2 rings (SSSR count). The van der Waals surface area contributed by atoms with Crippen LogP contribution in [0.15, 0.2) is 36.9 Å². The number of nitrogens with zero attached hydrogens (tertiary/aromatic N) is 3. The van der Waals surface area contributed by atoms with Crippen molar-refractivity contribution < 1.29 is 9.90 Å². The van der Waals surface area contributed by atoms with E-state index < -0.39 is 5.97 Å². The molecule has 0 saturated carbocycles. The molecule has 98 valence electrons. The van der Waals surface area contributed by atoms with Crippen molar-refractivity contribution in [1.29, 1.82) is 0 Å². The molecule has 19 heavy (non-hydrogen) atoms. The molecule has 6 nitrogen and oxygen atoms in total. The summed E-state index contributed by atoms with van der Waals surface area (Å²) in [5.41, 5.74) is 1.47. The van der Waals surface area contributed by atoms with Gasteiger partial charge >= 0.3 is 5.97 Å². The zero-order valence-corrected chi connectivity index (χ0v) is 10.4. The van der Waals surface area contributed by atoms with Crippen molar-refractivity contribution in [2.45, 2.75) is 19.5 Å². The molecule has 0 amide bonds. The maximum absolute atomic E-state index is 11.0. The Hall–Kier alpha value is -2.34. The van der Waals surface area contributed by atoms with E-state index in [0.29, 0.717) is 12.2 Å². The van der Waals surface area contributed by atoms with E-state index in [2.05, 4.69) is 20.3 Å². The highest BCUT2D eigenvalue weighted by molar-refractivity contribution is 5.88. The van der Waals surface area contributed by atoms with Crippen molar-refractivity contribution in [3.63, 3.8) is 0 Å². The van der Waals surface area contributed by atoms with Crippen LogP contribution < -0.4 is 5.32 Å². The van der Waals surface area contributed by atoms with Crippen LogP contribution in [0.3, 0.4) is 0 Å². The Kier molecular flexibility index (Phi) is 4.15. The molecule has 0 saturated heterocycles. The topological polar surface area (TPSA) is 88.0 Å². The van der Waals surface area contributed by atoms with Crippen molar-refractivity contribution in [3.05, 3.63) is 53.9 Å². The zero-order chi connectivity index (χ0) is 13.7. The molecule has 2 heterocycles. The van der Waals surface area contributed by atoms with Crippen LogP contribution in [-0.2, 0) is 6.54 Å². The fraction of sp³-hybridized carbons (Fsp3) is 0.231. The molecule has 1 atom stereocenters. The van der Waals surface area contributed by atoms with Crippen LogP contribution in [0.2, 0.25) is 0 Å². The highest BCUT2D eigenvalue weighted by Crippen LogP contribution is 2.10. The third-order valence-electron chi connectivity index (χ3n) is 2.73. The zero-order valence-electron chi connectivity index (χ0n) is 10.4. The summed E-state index contributed by atoms with van der Waals surface area (Å²) in [6.07, 6.45) is 4.37. The van der Waals surface area contributed by atoms with Crippen molar-refractivity contribution in [3.8, 4) is 0 Å². The minimum absolute atomic E-state index is 0.0119. The molecule has 0 radical (unpaired) electrons. The summed E-state index contributed by atoms with van der Waals surface area (Å²) < 4.78 is 0. The maximum atomic E-state index is 11.0. The van der Waals surface area contributed by atoms with Gasteiger partial charge < -0.3 is 10.4 Å². The third-order valence-corrected chi connectivity index (χ3v) is 2.73. The van der Waals surface area contributed by atoms with Crippen LogP contribution in [0.25, 0.3) is 0 Å². The van der Waals surface area contributed by atoms with Gasteiger partial charge in [0, 0.05) is 25.0 Å². The van der Waals surface area contributed by atoms with Gasteiger partial charge in [0.05, 0.1) is 11.4 Å². The molecule has 2 aromatic heterocycles. The molecular formula is C13H14N4O2. The van der Waals surface area contributed by atoms with Gasteiger partial charge in [-0.2, -0.15) is 0 Å². The maximum Gasteiger partial charge on any atom is 0.339 e. The summed E-state index contributed by atoms with van der Waals surface area (Å²) in [6, 6.07) is 5.69. The van der Waals surface area contributed by atoms with E-state index in [1.807, 2.05) is 25.1 Å². The fourth-order valence-corrected chi connectivity index (χ4v) is 1.66. The van der Waals surface area contributed by atoms with E-state index in [1.165, 1.54) is 12.5 Å². The summed E-state index contributed by atoms with van der Waals surface area (Å²) in [6.45, 7) is 2.31. The van der Waals surface area contributed by atoms with Gasteiger partial charge in [-0.3, -0.25) is 4.98 Å². The Morgan fingerprint density at radius 1 is 1.42 bits per heavy atom. The normalized spacial score (nSPS) is 12.1. The van der Waals surface area contributed by atoms with Gasteiger partial charge in [0.25, 0.3) is 0 Å². The molecule has 0 fully saturated rings. The standard InChI is InChI=1S/C13H14N4O2/c1-9(11-4-2-3-5-15-11)16-7-12-10(13(18)19)6-14-8-17-12/h2-6,8-9,16H,7H2,1H3,(H,18,19). The van der Waals surface area contributed by atoms with Gasteiger partial charge in [0.15, 0.2) is 0 Å². The van der Waals surface area contributed by atoms with Crippen molar-refractivity contribution in [1.82, 2.24) is 20.3 Å². The summed E-state index contributed by atoms with van der Waals surface area (Å²) in [4.78, 5) is 23.0. The number of aromatic nitrogens is 3.